The molecule has 2 aliphatic rings. The second-order valence-electron chi connectivity index (χ2n) is 4.74. The molecule has 0 N–H and O–H groups in total. The molecule has 1 aromatic heterocycles. The van der Waals surface area contributed by atoms with E-state index in [1.807, 2.05) is 11.6 Å². The molecule has 0 bridgehead atoms. The third kappa shape index (κ3) is 1.98. The lowest BCUT2D eigenvalue weighted by Gasteiger charge is -2.31. The van der Waals surface area contributed by atoms with Crippen LogP contribution < -0.4 is 0 Å². The highest BCUT2D eigenvalue weighted by atomic mass is 32.1. The van der Waals surface area contributed by atoms with Gasteiger partial charge in [0.25, 0.3) is 0 Å². The minimum Gasteiger partial charge on any atom is -0.342 e. The fourth-order valence-electron chi connectivity index (χ4n) is 2.37. The average molecular weight is 236 g/mol. The van der Waals surface area contributed by atoms with E-state index in [0.717, 1.165) is 38.8 Å². The second-order valence-corrected chi connectivity index (χ2v) is 5.67. The van der Waals surface area contributed by atoms with Gasteiger partial charge in [0.05, 0.1) is 5.01 Å². The molecule has 1 saturated heterocycles. The second kappa shape index (κ2) is 4.17. The summed E-state index contributed by atoms with van der Waals surface area (Å²) in [5.74, 6) is 1.36. The number of carbonyl (C=O) groups excluding carboxylic acids is 1. The van der Waals surface area contributed by atoms with Crippen LogP contribution in [0.5, 0.6) is 0 Å². The molecule has 0 unspecified atom stereocenters. The van der Waals surface area contributed by atoms with Crippen LogP contribution in [0, 0.1) is 5.92 Å². The van der Waals surface area contributed by atoms with Crippen molar-refractivity contribution in [1.82, 2.24) is 9.88 Å². The van der Waals surface area contributed by atoms with Crippen molar-refractivity contribution >= 4 is 17.2 Å². The molecule has 86 valence electrons. The maximum absolute atomic E-state index is 11.9. The molecular formula is C12H16N2OS. The summed E-state index contributed by atoms with van der Waals surface area (Å²) in [5, 5.41) is 3.29. The fraction of sp³-hybridized carbons (Fsp3) is 0.667. The van der Waals surface area contributed by atoms with Crippen LogP contribution >= 0.6 is 11.3 Å². The van der Waals surface area contributed by atoms with Gasteiger partial charge >= 0.3 is 0 Å². The molecule has 1 aromatic rings. The van der Waals surface area contributed by atoms with E-state index >= 15 is 0 Å². The van der Waals surface area contributed by atoms with Crippen LogP contribution in [0.2, 0.25) is 0 Å². The van der Waals surface area contributed by atoms with Crippen molar-refractivity contribution in [2.45, 2.75) is 31.6 Å². The van der Waals surface area contributed by atoms with Crippen molar-refractivity contribution in [2.75, 3.05) is 13.1 Å². The Morgan fingerprint density at radius 1 is 1.31 bits per heavy atom. The predicted octanol–water partition coefficient (Wildman–Crippen LogP) is 2.26. The summed E-state index contributed by atoms with van der Waals surface area (Å²) < 4.78 is 0. The smallest absolute Gasteiger partial charge is 0.225 e. The van der Waals surface area contributed by atoms with Crippen LogP contribution in [-0.4, -0.2) is 28.9 Å². The van der Waals surface area contributed by atoms with E-state index in [-0.39, 0.29) is 0 Å². The molecule has 1 aliphatic carbocycles. The van der Waals surface area contributed by atoms with Crippen LogP contribution in [0.25, 0.3) is 0 Å². The number of carbonyl (C=O) groups is 1. The summed E-state index contributed by atoms with van der Waals surface area (Å²) in [6.07, 6.45) is 6.29. The van der Waals surface area contributed by atoms with E-state index in [0.29, 0.717) is 17.7 Å². The Morgan fingerprint density at radius 2 is 2.06 bits per heavy atom. The third-order valence-electron chi connectivity index (χ3n) is 3.53. The molecule has 1 amide bonds. The quantitative estimate of drug-likeness (QED) is 0.789. The Balaban J connectivity index is 1.57. The summed E-state index contributed by atoms with van der Waals surface area (Å²) in [4.78, 5) is 18.3. The first-order valence-corrected chi connectivity index (χ1v) is 6.91. The molecule has 0 aromatic carbocycles. The number of amides is 1. The van der Waals surface area contributed by atoms with Crippen LogP contribution in [0.4, 0.5) is 0 Å². The summed E-state index contributed by atoms with van der Waals surface area (Å²) >= 11 is 1.74. The maximum atomic E-state index is 11.9. The highest BCUT2D eigenvalue weighted by Crippen LogP contribution is 2.34. The minimum absolute atomic E-state index is 0.372. The Kier molecular flexibility index (Phi) is 2.67. The lowest BCUT2D eigenvalue weighted by Crippen LogP contribution is -2.38. The lowest BCUT2D eigenvalue weighted by atomic mass is 9.97. The number of piperidine rings is 1. The number of hydrogen-bond donors (Lipinski definition) is 0. The number of likely N-dealkylation sites (tertiary alicyclic amines) is 1. The van der Waals surface area contributed by atoms with E-state index < -0.39 is 0 Å². The van der Waals surface area contributed by atoms with Crippen molar-refractivity contribution in [3.8, 4) is 0 Å². The molecule has 1 saturated carbocycles. The first-order valence-electron chi connectivity index (χ1n) is 6.03. The highest BCUT2D eigenvalue weighted by Gasteiger charge is 2.35. The first-order chi connectivity index (χ1) is 7.84. The van der Waals surface area contributed by atoms with Gasteiger partial charge in [0.2, 0.25) is 5.91 Å². The molecule has 1 aliphatic heterocycles. The van der Waals surface area contributed by atoms with Gasteiger partial charge in [0, 0.05) is 36.5 Å². The van der Waals surface area contributed by atoms with Crippen molar-refractivity contribution in [3.63, 3.8) is 0 Å². The Morgan fingerprint density at radius 3 is 2.62 bits per heavy atom. The van der Waals surface area contributed by atoms with Gasteiger partial charge in [-0.05, 0) is 25.7 Å². The van der Waals surface area contributed by atoms with Gasteiger partial charge in [-0.2, -0.15) is 0 Å². The number of thiazole rings is 1. The molecule has 0 atom stereocenters. The van der Waals surface area contributed by atoms with Gasteiger partial charge in [-0.15, -0.1) is 11.3 Å². The summed E-state index contributed by atoms with van der Waals surface area (Å²) in [5.41, 5.74) is 0. The van der Waals surface area contributed by atoms with Gasteiger partial charge in [0.1, 0.15) is 0 Å². The molecule has 0 spiro atoms. The SMILES string of the molecule is O=C(C1CC1)N1CCC(c2nccs2)CC1. The summed E-state index contributed by atoms with van der Waals surface area (Å²) in [6, 6.07) is 0. The van der Waals surface area contributed by atoms with Gasteiger partial charge in [-0.3, -0.25) is 4.79 Å². The molecule has 0 radical (unpaired) electrons. The molecule has 2 heterocycles. The lowest BCUT2D eigenvalue weighted by molar-refractivity contribution is -0.133. The Bertz CT molecular complexity index is 364. The van der Waals surface area contributed by atoms with Crippen molar-refractivity contribution < 1.29 is 4.79 Å². The van der Waals surface area contributed by atoms with Crippen molar-refractivity contribution in [3.05, 3.63) is 16.6 Å². The molecule has 3 rings (SSSR count). The number of rotatable bonds is 2. The molecular weight excluding hydrogens is 220 g/mol. The van der Waals surface area contributed by atoms with Gasteiger partial charge in [-0.1, -0.05) is 0 Å². The number of aromatic nitrogens is 1. The Labute approximate surface area is 99.5 Å². The van der Waals surface area contributed by atoms with Crippen LogP contribution in [0.3, 0.4) is 0 Å². The molecule has 2 fully saturated rings. The zero-order valence-corrected chi connectivity index (χ0v) is 10.1. The molecule has 3 nitrogen and oxygen atoms in total. The predicted molar refractivity (Wildman–Crippen MR) is 63.4 cm³/mol. The zero-order chi connectivity index (χ0) is 11.0. The number of hydrogen-bond acceptors (Lipinski definition) is 3. The van der Waals surface area contributed by atoms with Crippen LogP contribution in [-0.2, 0) is 4.79 Å². The molecule has 16 heavy (non-hydrogen) atoms. The largest absolute Gasteiger partial charge is 0.342 e. The average Bonchev–Trinajstić information content (AvgIpc) is 3.04. The van der Waals surface area contributed by atoms with E-state index in [2.05, 4.69) is 9.88 Å². The van der Waals surface area contributed by atoms with E-state index in [1.165, 1.54) is 5.01 Å². The van der Waals surface area contributed by atoms with Crippen molar-refractivity contribution in [2.24, 2.45) is 5.92 Å². The van der Waals surface area contributed by atoms with Gasteiger partial charge in [-0.25, -0.2) is 4.98 Å². The van der Waals surface area contributed by atoms with Crippen LogP contribution in [0.15, 0.2) is 11.6 Å². The summed E-state index contributed by atoms with van der Waals surface area (Å²) in [7, 11) is 0. The standard InChI is InChI=1S/C12H16N2OS/c15-12(10-1-2-10)14-6-3-9(4-7-14)11-13-5-8-16-11/h5,8-10H,1-4,6-7H2. The maximum Gasteiger partial charge on any atom is 0.225 e. The third-order valence-corrected chi connectivity index (χ3v) is 4.47. The van der Waals surface area contributed by atoms with Crippen LogP contribution in [0.1, 0.15) is 36.6 Å². The monoisotopic (exact) mass is 236 g/mol. The minimum atomic E-state index is 0.372. The summed E-state index contributed by atoms with van der Waals surface area (Å²) in [6.45, 7) is 1.86. The zero-order valence-electron chi connectivity index (χ0n) is 9.26. The normalized spacial score (nSPS) is 22.4. The Hall–Kier alpha value is -0.900. The highest BCUT2D eigenvalue weighted by molar-refractivity contribution is 7.09. The van der Waals surface area contributed by atoms with Gasteiger partial charge in [0.15, 0.2) is 0 Å². The van der Waals surface area contributed by atoms with E-state index in [9.17, 15) is 4.79 Å². The van der Waals surface area contributed by atoms with Crippen molar-refractivity contribution in [1.29, 1.82) is 0 Å². The topological polar surface area (TPSA) is 33.2 Å². The fourth-order valence-corrected chi connectivity index (χ4v) is 3.18. The molecule has 4 heteroatoms. The van der Waals surface area contributed by atoms with Gasteiger partial charge < -0.3 is 4.90 Å². The van der Waals surface area contributed by atoms with E-state index in [4.69, 9.17) is 0 Å². The van der Waals surface area contributed by atoms with E-state index in [1.54, 1.807) is 11.3 Å². The first kappa shape index (κ1) is 10.3. The number of nitrogens with zero attached hydrogens (tertiary/aromatic N) is 2.